The van der Waals surface area contributed by atoms with E-state index in [4.69, 9.17) is 11.6 Å². The molecule has 0 aromatic heterocycles. The number of nitro benzene ring substituents is 1. The lowest BCUT2D eigenvalue weighted by Crippen LogP contribution is -2.41. The van der Waals surface area contributed by atoms with Crippen molar-refractivity contribution in [2.45, 2.75) is 25.8 Å². The van der Waals surface area contributed by atoms with Gasteiger partial charge in [0.2, 0.25) is 5.91 Å². The SMILES string of the molecule is CC(=O)N1CCC(Nc2ccc([N+](=O)[O-])cc2Cl)CC1. The van der Waals surface area contributed by atoms with Gasteiger partial charge in [0.1, 0.15) is 0 Å². The van der Waals surface area contributed by atoms with Crippen LogP contribution in [0.25, 0.3) is 0 Å². The summed E-state index contributed by atoms with van der Waals surface area (Å²) >= 11 is 6.04. The van der Waals surface area contributed by atoms with Crippen molar-refractivity contribution in [2.24, 2.45) is 0 Å². The Morgan fingerprint density at radius 1 is 1.45 bits per heavy atom. The van der Waals surface area contributed by atoms with Crippen molar-refractivity contribution < 1.29 is 9.72 Å². The molecule has 108 valence electrons. The number of likely N-dealkylation sites (tertiary alicyclic amines) is 1. The van der Waals surface area contributed by atoms with Gasteiger partial charge >= 0.3 is 0 Å². The van der Waals surface area contributed by atoms with E-state index in [1.54, 1.807) is 13.0 Å². The average Bonchev–Trinajstić information content (AvgIpc) is 2.41. The van der Waals surface area contributed by atoms with E-state index in [-0.39, 0.29) is 17.6 Å². The summed E-state index contributed by atoms with van der Waals surface area (Å²) in [5.41, 5.74) is 0.672. The van der Waals surface area contributed by atoms with Crippen molar-refractivity contribution in [2.75, 3.05) is 18.4 Å². The standard InChI is InChI=1S/C13H16ClN3O3/c1-9(18)16-6-4-10(5-7-16)15-13-3-2-11(17(19)20)8-12(13)14/h2-3,8,10,15H,4-7H2,1H3. The lowest BCUT2D eigenvalue weighted by Gasteiger charge is -2.32. The number of non-ortho nitro benzene ring substituents is 1. The van der Waals surface area contributed by atoms with Crippen LogP contribution in [0.1, 0.15) is 19.8 Å². The molecule has 1 amide bonds. The molecule has 7 heteroatoms. The molecule has 0 aliphatic carbocycles. The van der Waals surface area contributed by atoms with Crippen LogP contribution in [0.15, 0.2) is 18.2 Å². The minimum atomic E-state index is -0.471. The third-order valence-electron chi connectivity index (χ3n) is 3.46. The normalized spacial score (nSPS) is 16.0. The molecule has 1 aromatic rings. The van der Waals surface area contributed by atoms with Crippen LogP contribution < -0.4 is 5.32 Å². The maximum atomic E-state index is 11.2. The molecule has 1 N–H and O–H groups in total. The first-order valence-corrected chi connectivity index (χ1v) is 6.81. The van der Waals surface area contributed by atoms with Crippen LogP contribution in [0.4, 0.5) is 11.4 Å². The van der Waals surface area contributed by atoms with Gasteiger partial charge in [-0.2, -0.15) is 0 Å². The highest BCUT2D eigenvalue weighted by molar-refractivity contribution is 6.33. The Morgan fingerprint density at radius 2 is 2.10 bits per heavy atom. The van der Waals surface area contributed by atoms with E-state index in [0.717, 1.165) is 25.9 Å². The molecule has 1 aliphatic rings. The summed E-state index contributed by atoms with van der Waals surface area (Å²) in [5.74, 6) is 0.0943. The van der Waals surface area contributed by atoms with E-state index >= 15 is 0 Å². The van der Waals surface area contributed by atoms with E-state index in [1.165, 1.54) is 12.1 Å². The monoisotopic (exact) mass is 297 g/mol. The van der Waals surface area contributed by atoms with Crippen molar-refractivity contribution in [3.63, 3.8) is 0 Å². The molecule has 1 saturated heterocycles. The number of hydrogen-bond donors (Lipinski definition) is 1. The molecule has 0 radical (unpaired) electrons. The summed E-state index contributed by atoms with van der Waals surface area (Å²) in [7, 11) is 0. The second-order valence-electron chi connectivity index (χ2n) is 4.85. The van der Waals surface area contributed by atoms with Gasteiger partial charge in [0.05, 0.1) is 15.6 Å². The first kappa shape index (κ1) is 14.6. The predicted molar refractivity (Wildman–Crippen MR) is 77.0 cm³/mol. The van der Waals surface area contributed by atoms with Crippen molar-refractivity contribution in [3.05, 3.63) is 33.3 Å². The highest BCUT2D eigenvalue weighted by atomic mass is 35.5. The number of nitrogens with zero attached hydrogens (tertiary/aromatic N) is 2. The van der Waals surface area contributed by atoms with E-state index < -0.39 is 4.92 Å². The fourth-order valence-corrected chi connectivity index (χ4v) is 2.52. The number of benzene rings is 1. The Kier molecular flexibility index (Phi) is 4.44. The highest BCUT2D eigenvalue weighted by Crippen LogP contribution is 2.28. The van der Waals surface area contributed by atoms with Crippen molar-refractivity contribution >= 4 is 28.9 Å². The first-order valence-electron chi connectivity index (χ1n) is 6.43. The van der Waals surface area contributed by atoms with E-state index in [0.29, 0.717) is 10.7 Å². The van der Waals surface area contributed by atoms with Gasteiger partial charge in [-0.1, -0.05) is 11.6 Å². The molecular formula is C13H16ClN3O3. The number of anilines is 1. The van der Waals surface area contributed by atoms with Crippen LogP contribution in [0.2, 0.25) is 5.02 Å². The van der Waals surface area contributed by atoms with Crippen LogP contribution >= 0.6 is 11.6 Å². The van der Waals surface area contributed by atoms with Crippen molar-refractivity contribution in [3.8, 4) is 0 Å². The number of nitro groups is 1. The molecule has 2 rings (SSSR count). The second kappa shape index (κ2) is 6.09. The molecule has 0 atom stereocenters. The fourth-order valence-electron chi connectivity index (χ4n) is 2.29. The lowest BCUT2D eigenvalue weighted by molar-refractivity contribution is -0.384. The molecule has 6 nitrogen and oxygen atoms in total. The Balaban J connectivity index is 1.98. The fraction of sp³-hybridized carbons (Fsp3) is 0.462. The first-order chi connectivity index (χ1) is 9.47. The van der Waals surface area contributed by atoms with Crippen molar-refractivity contribution in [1.82, 2.24) is 4.90 Å². The maximum absolute atomic E-state index is 11.2. The number of amides is 1. The maximum Gasteiger partial charge on any atom is 0.271 e. The average molecular weight is 298 g/mol. The molecule has 1 heterocycles. The number of rotatable bonds is 3. The number of hydrogen-bond acceptors (Lipinski definition) is 4. The van der Waals surface area contributed by atoms with Gasteiger partial charge in [0.25, 0.3) is 5.69 Å². The number of nitrogens with one attached hydrogen (secondary N) is 1. The van der Waals surface area contributed by atoms with Gasteiger partial charge in [0.15, 0.2) is 0 Å². The molecule has 0 bridgehead atoms. The number of piperidine rings is 1. The summed E-state index contributed by atoms with van der Waals surface area (Å²) in [6.45, 7) is 3.01. The zero-order valence-electron chi connectivity index (χ0n) is 11.1. The summed E-state index contributed by atoms with van der Waals surface area (Å²) in [5, 5.41) is 14.3. The predicted octanol–water partition coefficient (Wildman–Crippen LogP) is 2.67. The van der Waals surface area contributed by atoms with Gasteiger partial charge in [-0.3, -0.25) is 14.9 Å². The topological polar surface area (TPSA) is 75.5 Å². The van der Waals surface area contributed by atoms with E-state index in [1.807, 2.05) is 4.90 Å². The molecule has 1 aliphatic heterocycles. The smallest absolute Gasteiger partial charge is 0.271 e. The van der Waals surface area contributed by atoms with Crippen LogP contribution in [-0.2, 0) is 4.79 Å². The van der Waals surface area contributed by atoms with Gasteiger partial charge < -0.3 is 10.2 Å². The van der Waals surface area contributed by atoms with E-state index in [9.17, 15) is 14.9 Å². The molecule has 0 unspecified atom stereocenters. The number of carbonyl (C=O) groups is 1. The zero-order chi connectivity index (χ0) is 14.7. The molecule has 0 saturated carbocycles. The third-order valence-corrected chi connectivity index (χ3v) is 3.78. The quantitative estimate of drug-likeness (QED) is 0.687. The minimum Gasteiger partial charge on any atom is -0.381 e. The van der Waals surface area contributed by atoms with Crippen LogP contribution in [-0.4, -0.2) is 34.9 Å². The minimum absolute atomic E-state index is 0.0213. The van der Waals surface area contributed by atoms with Crippen molar-refractivity contribution in [1.29, 1.82) is 0 Å². The summed E-state index contributed by atoms with van der Waals surface area (Å²) in [6, 6.07) is 4.62. The molecule has 0 spiro atoms. The summed E-state index contributed by atoms with van der Waals surface area (Å²) in [6.07, 6.45) is 1.68. The Hall–Kier alpha value is -1.82. The molecule has 20 heavy (non-hydrogen) atoms. The highest BCUT2D eigenvalue weighted by Gasteiger charge is 2.21. The van der Waals surface area contributed by atoms with Gasteiger partial charge in [-0.05, 0) is 18.9 Å². The molecule has 1 aromatic carbocycles. The number of halogens is 1. The lowest BCUT2D eigenvalue weighted by atomic mass is 10.0. The Morgan fingerprint density at radius 3 is 2.60 bits per heavy atom. The van der Waals surface area contributed by atoms with Crippen LogP contribution in [0.3, 0.4) is 0 Å². The summed E-state index contributed by atoms with van der Waals surface area (Å²) in [4.78, 5) is 23.2. The zero-order valence-corrected chi connectivity index (χ0v) is 11.9. The number of carbonyl (C=O) groups excluding carboxylic acids is 1. The van der Waals surface area contributed by atoms with Crippen LogP contribution in [0.5, 0.6) is 0 Å². The van der Waals surface area contributed by atoms with Gasteiger partial charge in [-0.25, -0.2) is 0 Å². The molecular weight excluding hydrogens is 282 g/mol. The largest absolute Gasteiger partial charge is 0.381 e. The Labute approximate surface area is 121 Å². The Bertz CT molecular complexity index is 528. The second-order valence-corrected chi connectivity index (χ2v) is 5.25. The van der Waals surface area contributed by atoms with Gasteiger partial charge in [0, 0.05) is 38.2 Å². The molecule has 1 fully saturated rings. The van der Waals surface area contributed by atoms with Gasteiger partial charge in [-0.15, -0.1) is 0 Å². The third kappa shape index (κ3) is 3.39. The van der Waals surface area contributed by atoms with Crippen LogP contribution in [0, 0.1) is 10.1 Å². The van der Waals surface area contributed by atoms with E-state index in [2.05, 4.69) is 5.32 Å². The summed E-state index contributed by atoms with van der Waals surface area (Å²) < 4.78 is 0.